The molecule has 1 aromatic carbocycles. The van der Waals surface area contributed by atoms with E-state index in [4.69, 9.17) is 9.84 Å². The maximum Gasteiger partial charge on any atom is 0.341 e. The molecule has 8 heteroatoms. The normalized spacial score (nSPS) is 24.5. The molecule has 3 rings (SSSR count). The third-order valence-corrected chi connectivity index (χ3v) is 6.32. The van der Waals surface area contributed by atoms with Gasteiger partial charge in [-0.3, -0.25) is 9.59 Å². The molecule has 2 unspecified atom stereocenters. The van der Waals surface area contributed by atoms with E-state index in [1.165, 1.54) is 0 Å². The minimum atomic E-state index is -1.03. The Labute approximate surface area is 156 Å². The van der Waals surface area contributed by atoms with Crippen LogP contribution in [-0.4, -0.2) is 63.0 Å². The highest BCUT2D eigenvalue weighted by atomic mass is 32.2. The Hall–Kier alpha value is -2.22. The lowest BCUT2D eigenvalue weighted by Crippen LogP contribution is -2.50. The van der Waals surface area contributed by atoms with Crippen LogP contribution in [0.5, 0.6) is 5.75 Å². The Morgan fingerprint density at radius 2 is 2.08 bits per heavy atom. The summed E-state index contributed by atoms with van der Waals surface area (Å²) < 4.78 is 5.10. The SMILES string of the molecule is CN(Cc1ccc(OCC(=O)O)cc1)C(=O)C1CSC2(C)CCC(=O)N12. The molecule has 0 aliphatic carbocycles. The zero-order chi connectivity index (χ0) is 18.9. The molecule has 2 atom stereocenters. The number of carbonyl (C=O) groups excluding carboxylic acids is 2. The van der Waals surface area contributed by atoms with E-state index in [0.29, 0.717) is 24.5 Å². The molecule has 0 spiro atoms. The number of carboxylic acids is 1. The largest absolute Gasteiger partial charge is 0.482 e. The van der Waals surface area contributed by atoms with Crippen LogP contribution in [0.25, 0.3) is 0 Å². The maximum atomic E-state index is 12.9. The smallest absolute Gasteiger partial charge is 0.341 e. The molecular weight excluding hydrogens is 356 g/mol. The van der Waals surface area contributed by atoms with Crippen LogP contribution >= 0.6 is 11.8 Å². The number of fused-ring (bicyclic) bond motifs is 1. The van der Waals surface area contributed by atoms with Crippen LogP contribution in [0.2, 0.25) is 0 Å². The van der Waals surface area contributed by atoms with Gasteiger partial charge in [-0.1, -0.05) is 12.1 Å². The van der Waals surface area contributed by atoms with Crippen molar-refractivity contribution in [2.75, 3.05) is 19.4 Å². The van der Waals surface area contributed by atoms with Crippen LogP contribution in [-0.2, 0) is 20.9 Å². The van der Waals surface area contributed by atoms with E-state index in [2.05, 4.69) is 0 Å². The highest BCUT2D eigenvalue weighted by Crippen LogP contribution is 2.47. The van der Waals surface area contributed by atoms with Crippen LogP contribution in [0.15, 0.2) is 24.3 Å². The highest BCUT2D eigenvalue weighted by molar-refractivity contribution is 8.01. The first-order valence-electron chi connectivity index (χ1n) is 8.45. The van der Waals surface area contributed by atoms with Gasteiger partial charge in [-0.15, -0.1) is 11.8 Å². The predicted molar refractivity (Wildman–Crippen MR) is 96.8 cm³/mol. The van der Waals surface area contributed by atoms with Crippen molar-refractivity contribution in [3.05, 3.63) is 29.8 Å². The highest BCUT2D eigenvalue weighted by Gasteiger charge is 2.53. The lowest BCUT2D eigenvalue weighted by molar-refractivity contribution is -0.143. The second-order valence-corrected chi connectivity index (χ2v) is 8.29. The number of nitrogens with zero attached hydrogens (tertiary/aromatic N) is 2. The Morgan fingerprint density at radius 1 is 1.38 bits per heavy atom. The topological polar surface area (TPSA) is 87.1 Å². The van der Waals surface area contributed by atoms with Gasteiger partial charge < -0.3 is 19.6 Å². The predicted octanol–water partition coefficient (Wildman–Crippen LogP) is 1.56. The van der Waals surface area contributed by atoms with Crippen molar-refractivity contribution >= 4 is 29.5 Å². The van der Waals surface area contributed by atoms with E-state index in [1.54, 1.807) is 52.9 Å². The van der Waals surface area contributed by atoms with Crippen LogP contribution in [0.1, 0.15) is 25.3 Å². The third kappa shape index (κ3) is 3.65. The summed E-state index contributed by atoms with van der Waals surface area (Å²) in [7, 11) is 1.73. The summed E-state index contributed by atoms with van der Waals surface area (Å²) in [6.45, 7) is 2.06. The van der Waals surface area contributed by atoms with Gasteiger partial charge in [0, 0.05) is 25.8 Å². The fourth-order valence-electron chi connectivity index (χ4n) is 3.45. The van der Waals surface area contributed by atoms with Gasteiger partial charge in [0.2, 0.25) is 11.8 Å². The van der Waals surface area contributed by atoms with E-state index in [-0.39, 0.29) is 23.3 Å². The number of carbonyl (C=O) groups is 3. The summed E-state index contributed by atoms with van der Waals surface area (Å²) in [6.07, 6.45) is 1.30. The van der Waals surface area contributed by atoms with Gasteiger partial charge in [0.25, 0.3) is 0 Å². The Morgan fingerprint density at radius 3 is 2.73 bits per heavy atom. The lowest BCUT2D eigenvalue weighted by Gasteiger charge is -2.32. The number of carboxylic acid groups (broad SMARTS) is 1. The van der Waals surface area contributed by atoms with Crippen molar-refractivity contribution in [2.24, 2.45) is 0 Å². The summed E-state index contributed by atoms with van der Waals surface area (Å²) in [4.78, 5) is 38.7. The molecule has 0 aromatic heterocycles. The molecule has 1 N–H and O–H groups in total. The molecule has 0 saturated carbocycles. The van der Waals surface area contributed by atoms with E-state index >= 15 is 0 Å². The van der Waals surface area contributed by atoms with Gasteiger partial charge in [-0.25, -0.2) is 4.79 Å². The number of hydrogen-bond acceptors (Lipinski definition) is 5. The molecule has 26 heavy (non-hydrogen) atoms. The van der Waals surface area contributed by atoms with Crippen LogP contribution < -0.4 is 4.74 Å². The molecule has 2 fully saturated rings. The lowest BCUT2D eigenvalue weighted by atomic mass is 10.1. The summed E-state index contributed by atoms with van der Waals surface area (Å²) in [6, 6.07) is 6.57. The van der Waals surface area contributed by atoms with E-state index < -0.39 is 12.0 Å². The molecule has 2 aliphatic rings. The van der Waals surface area contributed by atoms with Crippen LogP contribution in [0, 0.1) is 0 Å². The Balaban J connectivity index is 1.61. The van der Waals surface area contributed by atoms with E-state index in [9.17, 15) is 14.4 Å². The monoisotopic (exact) mass is 378 g/mol. The summed E-state index contributed by atoms with van der Waals surface area (Å²) >= 11 is 1.68. The van der Waals surface area contributed by atoms with Crippen LogP contribution in [0.4, 0.5) is 0 Å². The van der Waals surface area contributed by atoms with Crippen molar-refractivity contribution in [1.29, 1.82) is 0 Å². The number of benzene rings is 1. The summed E-state index contributed by atoms with van der Waals surface area (Å²) in [5.74, 6) is 0.0767. The van der Waals surface area contributed by atoms with Crippen molar-refractivity contribution in [3.8, 4) is 5.75 Å². The zero-order valence-electron chi connectivity index (χ0n) is 14.8. The summed E-state index contributed by atoms with van der Waals surface area (Å²) in [5.41, 5.74) is 0.907. The molecule has 140 valence electrons. The van der Waals surface area contributed by atoms with Gasteiger partial charge >= 0.3 is 5.97 Å². The molecule has 2 heterocycles. The first-order valence-corrected chi connectivity index (χ1v) is 9.43. The van der Waals surface area contributed by atoms with Gasteiger partial charge in [0.15, 0.2) is 6.61 Å². The van der Waals surface area contributed by atoms with Crippen LogP contribution in [0.3, 0.4) is 0 Å². The van der Waals surface area contributed by atoms with Crippen molar-refractivity contribution < 1.29 is 24.2 Å². The Bertz CT molecular complexity index is 723. The minimum absolute atomic E-state index is 0.0531. The number of ether oxygens (including phenoxy) is 1. The van der Waals surface area contributed by atoms with Gasteiger partial charge in [-0.05, 0) is 31.0 Å². The number of thioether (sulfide) groups is 1. The average Bonchev–Trinajstić information content (AvgIpc) is 3.10. The van der Waals surface area contributed by atoms with Crippen molar-refractivity contribution in [2.45, 2.75) is 37.2 Å². The number of hydrogen-bond donors (Lipinski definition) is 1. The zero-order valence-corrected chi connectivity index (χ0v) is 15.6. The number of rotatable bonds is 6. The fraction of sp³-hybridized carbons (Fsp3) is 0.500. The molecule has 2 aliphatic heterocycles. The molecule has 2 saturated heterocycles. The molecule has 0 radical (unpaired) electrons. The first kappa shape index (κ1) is 18.6. The molecule has 2 amide bonds. The molecule has 7 nitrogen and oxygen atoms in total. The van der Waals surface area contributed by atoms with Crippen molar-refractivity contribution in [3.63, 3.8) is 0 Å². The maximum absolute atomic E-state index is 12.9. The van der Waals surface area contributed by atoms with E-state index in [1.807, 2.05) is 6.92 Å². The summed E-state index contributed by atoms with van der Waals surface area (Å²) in [5, 5.41) is 8.62. The van der Waals surface area contributed by atoms with Gasteiger partial charge in [0.1, 0.15) is 11.8 Å². The average molecular weight is 378 g/mol. The molecular formula is C18H22N2O5S. The van der Waals surface area contributed by atoms with Gasteiger partial charge in [-0.2, -0.15) is 0 Å². The first-order chi connectivity index (χ1) is 12.3. The molecule has 1 aromatic rings. The molecule has 0 bridgehead atoms. The van der Waals surface area contributed by atoms with Gasteiger partial charge in [0.05, 0.1) is 4.87 Å². The number of likely N-dealkylation sites (N-methyl/N-ethyl adjacent to an activating group) is 1. The third-order valence-electron chi connectivity index (χ3n) is 4.81. The second kappa shape index (κ2) is 7.19. The van der Waals surface area contributed by atoms with Crippen molar-refractivity contribution in [1.82, 2.24) is 9.80 Å². The second-order valence-electron chi connectivity index (χ2n) is 6.79. The Kier molecular flexibility index (Phi) is 5.13. The number of amides is 2. The minimum Gasteiger partial charge on any atom is -0.482 e. The standard InChI is InChI=1S/C18H22N2O5S/c1-18-8-7-15(21)20(18)14(11-26-18)17(24)19(2)9-12-3-5-13(6-4-12)25-10-16(22)23/h3-6,14H,7-11H2,1-2H3,(H,22,23). The quantitative estimate of drug-likeness (QED) is 0.808. The van der Waals surface area contributed by atoms with E-state index in [0.717, 1.165) is 12.0 Å². The fourth-order valence-corrected chi connectivity index (χ4v) is 4.87. The number of aliphatic carboxylic acids is 1.